The monoisotopic (exact) mass is 532 g/mol. The second kappa shape index (κ2) is 10.8. The third kappa shape index (κ3) is 5.05. The first-order valence-corrected chi connectivity index (χ1v) is 13.4. The number of anilines is 3. The third-order valence-corrected chi connectivity index (χ3v) is 7.33. The predicted octanol–water partition coefficient (Wildman–Crippen LogP) is 4.03. The number of fused-ring (bicyclic) bond motifs is 2. The number of nitrogens with one attached hydrogen (secondary N) is 3. The number of thiophene rings is 1. The smallest absolute Gasteiger partial charge is 0.411 e. The Hall–Kier alpha value is -4.00. The Labute approximate surface area is 222 Å². The van der Waals surface area contributed by atoms with E-state index in [2.05, 4.69) is 60.8 Å². The van der Waals surface area contributed by atoms with E-state index in [4.69, 9.17) is 9.47 Å². The van der Waals surface area contributed by atoms with Gasteiger partial charge in [-0.25, -0.2) is 14.3 Å². The lowest BCUT2D eigenvalue weighted by molar-refractivity contribution is 0.0494. The Kier molecular flexibility index (Phi) is 6.90. The number of aryl methyl sites for hydroxylation is 1. The summed E-state index contributed by atoms with van der Waals surface area (Å²) in [5, 5.41) is 21.6. The summed E-state index contributed by atoms with van der Waals surface area (Å²) in [6.45, 7) is 4.95. The van der Waals surface area contributed by atoms with Crippen LogP contribution in [-0.2, 0) is 22.4 Å². The molecular formula is C26H28N8O3S. The maximum Gasteiger partial charge on any atom is 0.411 e. The van der Waals surface area contributed by atoms with E-state index in [1.165, 1.54) is 11.2 Å². The van der Waals surface area contributed by atoms with Crippen molar-refractivity contribution in [3.63, 3.8) is 0 Å². The van der Waals surface area contributed by atoms with E-state index in [1.54, 1.807) is 22.0 Å². The molecular weight excluding hydrogens is 504 g/mol. The highest BCUT2D eigenvalue weighted by molar-refractivity contribution is 7.09. The molecule has 0 aliphatic carbocycles. The molecule has 38 heavy (non-hydrogen) atoms. The van der Waals surface area contributed by atoms with E-state index >= 15 is 0 Å². The minimum atomic E-state index is -0.518. The number of nitrogens with zero attached hydrogens (tertiary/aromatic N) is 5. The maximum absolute atomic E-state index is 12.5. The number of carbonyl (C=O) groups excluding carboxylic acids is 1. The van der Waals surface area contributed by atoms with Crippen LogP contribution in [0.25, 0.3) is 16.4 Å². The summed E-state index contributed by atoms with van der Waals surface area (Å²) < 4.78 is 14.6. The van der Waals surface area contributed by atoms with Gasteiger partial charge in [0, 0.05) is 28.1 Å². The van der Waals surface area contributed by atoms with Crippen LogP contribution in [0.4, 0.5) is 22.0 Å². The van der Waals surface area contributed by atoms with E-state index in [-0.39, 0.29) is 12.6 Å². The van der Waals surface area contributed by atoms with E-state index in [9.17, 15) is 4.79 Å². The van der Waals surface area contributed by atoms with Gasteiger partial charge in [-0.2, -0.15) is 10.2 Å². The molecule has 1 atom stereocenters. The lowest BCUT2D eigenvalue weighted by Crippen LogP contribution is -2.44. The van der Waals surface area contributed by atoms with Crippen LogP contribution in [0.2, 0.25) is 0 Å². The molecule has 4 aromatic heterocycles. The van der Waals surface area contributed by atoms with Gasteiger partial charge in [0.25, 0.3) is 0 Å². The molecule has 1 aliphatic heterocycles. The van der Waals surface area contributed by atoms with Crippen LogP contribution in [0.15, 0.2) is 54.4 Å². The highest BCUT2D eigenvalue weighted by Gasteiger charge is 2.19. The number of carbonyl (C=O) groups is 1. The molecule has 11 nitrogen and oxygen atoms in total. The standard InChI is InChI=1S/C26H28N8O3S/c1-2-21-22(32-26(35)37-15-19-14-36-8-7-27-19)13-34-24(21)25(28-16-30-34)31-18-5-6-23-17(10-18)11-29-33(23)12-20-4-3-9-38-20/h3-6,9-11,13,16,19,27H,2,7-8,12,14-15H2,1H3,(H,32,35)(H,28,30,31)/t19-/m0/s1. The molecule has 5 aromatic rings. The van der Waals surface area contributed by atoms with Gasteiger partial charge >= 0.3 is 6.09 Å². The lowest BCUT2D eigenvalue weighted by atomic mass is 10.2. The zero-order chi connectivity index (χ0) is 25.9. The Bertz CT molecular complexity index is 1560. The van der Waals surface area contributed by atoms with E-state index in [0.717, 1.165) is 40.8 Å². The number of hydrogen-bond donors (Lipinski definition) is 3. The largest absolute Gasteiger partial charge is 0.448 e. The molecule has 5 heterocycles. The van der Waals surface area contributed by atoms with Gasteiger partial charge in [0.2, 0.25) is 0 Å². The lowest BCUT2D eigenvalue weighted by Gasteiger charge is -2.23. The van der Waals surface area contributed by atoms with Crippen LogP contribution in [0.1, 0.15) is 17.4 Å². The average molecular weight is 533 g/mol. The van der Waals surface area contributed by atoms with Crippen molar-refractivity contribution in [3.05, 3.63) is 64.9 Å². The number of benzene rings is 1. The number of aromatic nitrogens is 5. The molecule has 0 saturated carbocycles. The Morgan fingerprint density at radius 2 is 2.26 bits per heavy atom. The third-order valence-electron chi connectivity index (χ3n) is 6.47. The average Bonchev–Trinajstić information content (AvgIpc) is 3.68. The van der Waals surface area contributed by atoms with E-state index in [1.807, 2.05) is 23.9 Å². The normalized spacial score (nSPS) is 15.7. The second-order valence-corrected chi connectivity index (χ2v) is 10.0. The van der Waals surface area contributed by atoms with Crippen LogP contribution in [0, 0.1) is 0 Å². The fourth-order valence-electron chi connectivity index (χ4n) is 4.66. The topological polar surface area (TPSA) is 120 Å². The van der Waals surface area contributed by atoms with Gasteiger partial charge in [-0.3, -0.25) is 10.00 Å². The van der Waals surface area contributed by atoms with Gasteiger partial charge in [-0.1, -0.05) is 13.0 Å². The first kappa shape index (κ1) is 24.3. The minimum absolute atomic E-state index is 0.00457. The molecule has 0 radical (unpaired) electrons. The quantitative estimate of drug-likeness (QED) is 0.274. The van der Waals surface area contributed by atoms with Crippen molar-refractivity contribution in [1.82, 2.24) is 29.7 Å². The fraction of sp³-hybridized carbons (Fsp3) is 0.308. The van der Waals surface area contributed by atoms with Crippen molar-refractivity contribution >= 4 is 51.0 Å². The summed E-state index contributed by atoms with van der Waals surface area (Å²) >= 11 is 1.72. The minimum Gasteiger partial charge on any atom is -0.448 e. The van der Waals surface area contributed by atoms with Crippen molar-refractivity contribution in [2.24, 2.45) is 0 Å². The molecule has 3 N–H and O–H groups in total. The molecule has 0 unspecified atom stereocenters. The van der Waals surface area contributed by atoms with E-state index in [0.29, 0.717) is 31.1 Å². The highest BCUT2D eigenvalue weighted by atomic mass is 32.1. The number of rotatable bonds is 8. The zero-order valence-corrected chi connectivity index (χ0v) is 21.7. The van der Waals surface area contributed by atoms with Gasteiger partial charge in [-0.15, -0.1) is 11.3 Å². The summed E-state index contributed by atoms with van der Waals surface area (Å²) in [4.78, 5) is 18.3. The van der Waals surface area contributed by atoms with Crippen molar-refractivity contribution in [2.75, 3.05) is 37.0 Å². The molecule has 196 valence electrons. The first-order valence-electron chi connectivity index (χ1n) is 12.5. The fourth-order valence-corrected chi connectivity index (χ4v) is 5.34. The predicted molar refractivity (Wildman–Crippen MR) is 146 cm³/mol. The molecule has 6 rings (SSSR count). The molecule has 1 amide bonds. The van der Waals surface area contributed by atoms with Gasteiger partial charge in [-0.05, 0) is 36.1 Å². The molecule has 12 heteroatoms. The SMILES string of the molecule is CCc1c(NC(=O)OC[C@@H]2COCCN2)cn2ncnc(Nc3ccc4c(cnn4Cc4cccs4)c3)c12. The van der Waals surface area contributed by atoms with Crippen molar-refractivity contribution in [2.45, 2.75) is 25.9 Å². The van der Waals surface area contributed by atoms with Crippen molar-refractivity contribution in [1.29, 1.82) is 0 Å². The molecule has 0 spiro atoms. The molecule has 1 saturated heterocycles. The Morgan fingerprint density at radius 3 is 3.08 bits per heavy atom. The van der Waals surface area contributed by atoms with Gasteiger partial charge < -0.3 is 20.1 Å². The van der Waals surface area contributed by atoms with Gasteiger partial charge in [0.1, 0.15) is 18.5 Å². The summed E-state index contributed by atoms with van der Waals surface area (Å²) in [7, 11) is 0. The highest BCUT2D eigenvalue weighted by Crippen LogP contribution is 2.30. The second-order valence-electron chi connectivity index (χ2n) is 9.01. The summed E-state index contributed by atoms with van der Waals surface area (Å²) in [6, 6.07) is 10.3. The number of morpholine rings is 1. The summed E-state index contributed by atoms with van der Waals surface area (Å²) in [6.07, 6.45) is 5.29. The number of amides is 1. The summed E-state index contributed by atoms with van der Waals surface area (Å²) in [5.41, 5.74) is 4.29. The number of hydrogen-bond acceptors (Lipinski definition) is 9. The molecule has 1 aliphatic rings. The Morgan fingerprint density at radius 1 is 1.32 bits per heavy atom. The molecule has 0 bridgehead atoms. The molecule has 1 fully saturated rings. The Balaban J connectivity index is 1.21. The van der Waals surface area contributed by atoms with E-state index < -0.39 is 6.09 Å². The number of ether oxygens (including phenoxy) is 2. The maximum atomic E-state index is 12.5. The first-order chi connectivity index (χ1) is 18.7. The van der Waals surface area contributed by atoms with Gasteiger partial charge in [0.05, 0.1) is 49.4 Å². The van der Waals surface area contributed by atoms with Crippen molar-refractivity contribution in [3.8, 4) is 0 Å². The summed E-state index contributed by atoms with van der Waals surface area (Å²) in [5.74, 6) is 0.646. The van der Waals surface area contributed by atoms with Crippen LogP contribution in [0.3, 0.4) is 0 Å². The zero-order valence-electron chi connectivity index (χ0n) is 20.9. The van der Waals surface area contributed by atoms with Crippen LogP contribution in [0.5, 0.6) is 0 Å². The van der Waals surface area contributed by atoms with Crippen LogP contribution < -0.4 is 16.0 Å². The molecule has 1 aromatic carbocycles. The van der Waals surface area contributed by atoms with Crippen LogP contribution >= 0.6 is 11.3 Å². The van der Waals surface area contributed by atoms with Gasteiger partial charge in [0.15, 0.2) is 5.82 Å². The van der Waals surface area contributed by atoms with Crippen molar-refractivity contribution < 1.29 is 14.3 Å². The van der Waals surface area contributed by atoms with Crippen LogP contribution in [-0.4, -0.2) is 62.9 Å².